The summed E-state index contributed by atoms with van der Waals surface area (Å²) >= 11 is 1.83. The molecule has 1 atom stereocenters. The minimum absolute atomic E-state index is 0.658. The van der Waals surface area contributed by atoms with Crippen LogP contribution in [0.25, 0.3) is 10.2 Å². The van der Waals surface area contributed by atoms with Gasteiger partial charge in [0.15, 0.2) is 0 Å². The second-order valence-corrected chi connectivity index (χ2v) is 5.19. The van der Waals surface area contributed by atoms with Gasteiger partial charge in [-0.1, -0.05) is 12.1 Å². The van der Waals surface area contributed by atoms with Crippen LogP contribution in [0.15, 0.2) is 24.3 Å². The van der Waals surface area contributed by atoms with Crippen LogP contribution in [0.1, 0.15) is 17.8 Å². The molecule has 0 bridgehead atoms. The fraction of sp³-hybridized carbons (Fsp3) is 0.417. The Balaban J connectivity index is 1.84. The van der Waals surface area contributed by atoms with Crippen LogP contribution in [0, 0.1) is 0 Å². The molecule has 0 unspecified atom stereocenters. The summed E-state index contributed by atoms with van der Waals surface area (Å²) in [6.45, 7) is 1.18. The predicted octanol–water partition coefficient (Wildman–Crippen LogP) is 2.59. The third-order valence-electron chi connectivity index (χ3n) is 2.92. The second-order valence-electron chi connectivity index (χ2n) is 4.07. The molecule has 1 aromatic heterocycles. The molecular weight excluding hydrogens is 204 g/mol. The number of thiazole rings is 1. The zero-order valence-electron chi connectivity index (χ0n) is 8.57. The van der Waals surface area contributed by atoms with Gasteiger partial charge in [-0.05, 0) is 31.5 Å². The lowest BCUT2D eigenvalue weighted by Crippen LogP contribution is -2.23. The van der Waals surface area contributed by atoms with E-state index in [2.05, 4.69) is 34.6 Å². The Bertz CT molecular complexity index is 424. The van der Waals surface area contributed by atoms with Crippen molar-refractivity contribution in [1.29, 1.82) is 0 Å². The van der Waals surface area contributed by atoms with Gasteiger partial charge in [-0.25, -0.2) is 4.98 Å². The van der Waals surface area contributed by atoms with E-state index in [0.717, 1.165) is 11.9 Å². The maximum atomic E-state index is 4.65. The number of nitrogens with one attached hydrogen (secondary N) is 1. The number of rotatable bonds is 2. The minimum Gasteiger partial charge on any atom is -0.314 e. The van der Waals surface area contributed by atoms with Crippen LogP contribution in [0.2, 0.25) is 0 Å². The molecule has 2 heterocycles. The fourth-order valence-electron chi connectivity index (χ4n) is 2.15. The van der Waals surface area contributed by atoms with Crippen molar-refractivity contribution in [2.24, 2.45) is 0 Å². The molecule has 1 N–H and O–H groups in total. The summed E-state index contributed by atoms with van der Waals surface area (Å²) in [5.74, 6) is 0. The molecular formula is C12H14N2S. The smallest absolute Gasteiger partial charge is 0.0954 e. The molecule has 1 fully saturated rings. The van der Waals surface area contributed by atoms with E-state index in [0.29, 0.717) is 6.04 Å². The Kier molecular flexibility index (Phi) is 2.43. The highest BCUT2D eigenvalue weighted by molar-refractivity contribution is 7.18. The molecule has 1 aliphatic heterocycles. The van der Waals surface area contributed by atoms with Crippen molar-refractivity contribution >= 4 is 21.6 Å². The fourth-order valence-corrected chi connectivity index (χ4v) is 3.20. The summed E-state index contributed by atoms with van der Waals surface area (Å²) in [5, 5.41) is 4.79. The topological polar surface area (TPSA) is 24.9 Å². The molecule has 0 saturated carbocycles. The van der Waals surface area contributed by atoms with E-state index in [1.807, 2.05) is 11.3 Å². The van der Waals surface area contributed by atoms with Crippen molar-refractivity contribution in [3.8, 4) is 0 Å². The molecule has 3 heteroatoms. The van der Waals surface area contributed by atoms with E-state index in [1.165, 1.54) is 29.1 Å². The van der Waals surface area contributed by atoms with Gasteiger partial charge in [0, 0.05) is 12.5 Å². The van der Waals surface area contributed by atoms with Gasteiger partial charge in [0.1, 0.15) is 0 Å². The summed E-state index contributed by atoms with van der Waals surface area (Å²) in [6.07, 6.45) is 3.71. The molecule has 0 radical (unpaired) electrons. The highest BCUT2D eigenvalue weighted by Crippen LogP contribution is 2.23. The molecule has 78 valence electrons. The number of hydrogen-bond acceptors (Lipinski definition) is 3. The first-order chi connectivity index (χ1) is 7.42. The zero-order chi connectivity index (χ0) is 10.1. The van der Waals surface area contributed by atoms with Crippen LogP contribution in [0.5, 0.6) is 0 Å². The van der Waals surface area contributed by atoms with Crippen LogP contribution in [0.4, 0.5) is 0 Å². The number of benzene rings is 1. The van der Waals surface area contributed by atoms with Gasteiger partial charge in [-0.2, -0.15) is 0 Å². The predicted molar refractivity (Wildman–Crippen MR) is 64.3 cm³/mol. The Hall–Kier alpha value is -0.930. The summed E-state index contributed by atoms with van der Waals surface area (Å²) in [7, 11) is 0. The maximum absolute atomic E-state index is 4.65. The average Bonchev–Trinajstić information content (AvgIpc) is 2.86. The van der Waals surface area contributed by atoms with Gasteiger partial charge >= 0.3 is 0 Å². The first-order valence-corrected chi connectivity index (χ1v) is 6.31. The summed E-state index contributed by atoms with van der Waals surface area (Å²) in [6, 6.07) is 9.04. The van der Waals surface area contributed by atoms with Gasteiger partial charge in [0.25, 0.3) is 0 Å². The summed E-state index contributed by atoms with van der Waals surface area (Å²) < 4.78 is 1.31. The summed E-state index contributed by atoms with van der Waals surface area (Å²) in [5.41, 5.74) is 1.15. The van der Waals surface area contributed by atoms with E-state index < -0.39 is 0 Å². The lowest BCUT2D eigenvalue weighted by atomic mass is 10.2. The van der Waals surface area contributed by atoms with Crippen LogP contribution < -0.4 is 5.32 Å². The first kappa shape index (κ1) is 9.31. The Labute approximate surface area is 93.3 Å². The maximum Gasteiger partial charge on any atom is 0.0954 e. The van der Waals surface area contributed by atoms with Crippen LogP contribution in [0.3, 0.4) is 0 Å². The van der Waals surface area contributed by atoms with Crippen LogP contribution >= 0.6 is 11.3 Å². The molecule has 0 aliphatic carbocycles. The van der Waals surface area contributed by atoms with Gasteiger partial charge in [-0.3, -0.25) is 0 Å². The van der Waals surface area contributed by atoms with E-state index >= 15 is 0 Å². The quantitative estimate of drug-likeness (QED) is 0.838. The van der Waals surface area contributed by atoms with E-state index in [-0.39, 0.29) is 0 Å². The van der Waals surface area contributed by atoms with Crippen molar-refractivity contribution in [3.05, 3.63) is 29.3 Å². The average molecular weight is 218 g/mol. The van der Waals surface area contributed by atoms with Crippen molar-refractivity contribution in [2.75, 3.05) is 6.54 Å². The van der Waals surface area contributed by atoms with Gasteiger partial charge in [0.2, 0.25) is 0 Å². The molecule has 3 rings (SSSR count). The number of hydrogen-bond donors (Lipinski definition) is 1. The highest BCUT2D eigenvalue weighted by atomic mass is 32.1. The van der Waals surface area contributed by atoms with Gasteiger partial charge in [0.05, 0.1) is 15.2 Å². The van der Waals surface area contributed by atoms with E-state index in [9.17, 15) is 0 Å². The third-order valence-corrected chi connectivity index (χ3v) is 3.98. The second kappa shape index (κ2) is 3.91. The molecule has 2 aromatic rings. The Morgan fingerprint density at radius 1 is 1.40 bits per heavy atom. The Morgan fingerprint density at radius 3 is 3.13 bits per heavy atom. The van der Waals surface area contributed by atoms with Gasteiger partial charge in [-0.15, -0.1) is 11.3 Å². The van der Waals surface area contributed by atoms with Crippen molar-refractivity contribution in [2.45, 2.75) is 25.3 Å². The lowest BCUT2D eigenvalue weighted by Gasteiger charge is -2.05. The monoisotopic (exact) mass is 218 g/mol. The number of fused-ring (bicyclic) bond motifs is 1. The zero-order valence-corrected chi connectivity index (χ0v) is 9.39. The third kappa shape index (κ3) is 1.90. The molecule has 0 amide bonds. The number of aromatic nitrogens is 1. The summed E-state index contributed by atoms with van der Waals surface area (Å²) in [4.78, 5) is 4.65. The number of nitrogens with zero attached hydrogens (tertiary/aromatic N) is 1. The van der Waals surface area contributed by atoms with Crippen molar-refractivity contribution in [3.63, 3.8) is 0 Å². The molecule has 1 aromatic carbocycles. The van der Waals surface area contributed by atoms with Crippen LogP contribution in [-0.2, 0) is 6.42 Å². The number of para-hydroxylation sites is 1. The standard InChI is InChI=1S/C12H14N2S/c1-2-6-11-10(5-1)14-12(15-11)8-9-4-3-7-13-9/h1-2,5-6,9,13H,3-4,7-8H2/t9-/m1/s1. The molecule has 1 saturated heterocycles. The lowest BCUT2D eigenvalue weighted by molar-refractivity contribution is 0.602. The van der Waals surface area contributed by atoms with Crippen molar-refractivity contribution < 1.29 is 0 Å². The Morgan fingerprint density at radius 2 is 2.33 bits per heavy atom. The highest BCUT2D eigenvalue weighted by Gasteiger charge is 2.16. The van der Waals surface area contributed by atoms with E-state index in [4.69, 9.17) is 0 Å². The minimum atomic E-state index is 0.658. The molecule has 0 spiro atoms. The van der Waals surface area contributed by atoms with E-state index in [1.54, 1.807) is 0 Å². The SMILES string of the molecule is c1ccc2sc(C[C@H]3CCCN3)nc2c1. The van der Waals surface area contributed by atoms with Crippen LogP contribution in [-0.4, -0.2) is 17.6 Å². The van der Waals surface area contributed by atoms with Crippen molar-refractivity contribution in [1.82, 2.24) is 10.3 Å². The normalized spacial score (nSPS) is 21.2. The largest absolute Gasteiger partial charge is 0.314 e. The molecule has 2 nitrogen and oxygen atoms in total. The molecule has 1 aliphatic rings. The molecule has 15 heavy (non-hydrogen) atoms. The van der Waals surface area contributed by atoms with Gasteiger partial charge < -0.3 is 5.32 Å². The first-order valence-electron chi connectivity index (χ1n) is 5.50.